The maximum Gasteiger partial charge on any atom is 0.433 e. The Bertz CT molecular complexity index is 754. The molecule has 3 rings (SSSR count). The number of hydrogen-bond acceptors (Lipinski definition) is 3. The fourth-order valence-electron chi connectivity index (χ4n) is 2.84. The average molecular weight is 286 g/mol. The Morgan fingerprint density at radius 3 is 2.90 bits per heavy atom. The van der Waals surface area contributed by atoms with Crippen molar-refractivity contribution in [2.24, 2.45) is 0 Å². The van der Waals surface area contributed by atoms with Crippen LogP contribution in [0.5, 0.6) is 0 Å². The molecule has 2 aromatic rings. The first-order valence-electron chi connectivity index (χ1n) is 7.30. The van der Waals surface area contributed by atoms with Crippen LogP contribution < -0.4 is 5.56 Å². The topological polar surface area (TPSA) is 53.2 Å². The van der Waals surface area contributed by atoms with Crippen LogP contribution in [0.25, 0.3) is 10.9 Å². The second kappa shape index (κ2) is 5.60. The summed E-state index contributed by atoms with van der Waals surface area (Å²) in [6.07, 6.45) is 6.44. The highest BCUT2D eigenvalue weighted by molar-refractivity contribution is 5.87. The number of para-hydroxylation sites is 1. The predicted octanol–water partition coefficient (Wildman–Crippen LogP) is 3.09. The van der Waals surface area contributed by atoms with Gasteiger partial charge in [0.2, 0.25) is 0 Å². The Morgan fingerprint density at radius 1 is 1.38 bits per heavy atom. The van der Waals surface area contributed by atoms with E-state index in [2.05, 4.69) is 6.08 Å². The summed E-state index contributed by atoms with van der Waals surface area (Å²) in [4.78, 5) is 25.0. The first-order valence-corrected chi connectivity index (χ1v) is 7.30. The van der Waals surface area contributed by atoms with Crippen molar-refractivity contribution >= 4 is 17.0 Å². The van der Waals surface area contributed by atoms with Crippen molar-refractivity contribution in [3.8, 4) is 0 Å². The van der Waals surface area contributed by atoms with Gasteiger partial charge in [-0.05, 0) is 38.3 Å². The summed E-state index contributed by atoms with van der Waals surface area (Å²) < 4.78 is 8.02. The Morgan fingerprint density at radius 2 is 2.19 bits per heavy atom. The van der Waals surface area contributed by atoms with E-state index in [1.54, 1.807) is 25.1 Å². The van der Waals surface area contributed by atoms with Crippen LogP contribution in [0.2, 0.25) is 0 Å². The molecule has 0 spiro atoms. The van der Waals surface area contributed by atoms with Crippen molar-refractivity contribution in [2.75, 3.05) is 6.61 Å². The molecule has 0 radical (unpaired) electrons. The van der Waals surface area contributed by atoms with Gasteiger partial charge < -0.3 is 4.74 Å². The molecule has 1 aliphatic carbocycles. The van der Waals surface area contributed by atoms with Gasteiger partial charge in [0.25, 0.3) is 5.56 Å². The van der Waals surface area contributed by atoms with Gasteiger partial charge in [0, 0.05) is 0 Å². The zero-order chi connectivity index (χ0) is 14.8. The SMILES string of the molecule is CCOC(=O)n1c2ccccc2c(=O)n1C1C=CCCC1. The maximum atomic E-state index is 12.7. The van der Waals surface area contributed by atoms with E-state index in [1.807, 2.05) is 12.1 Å². The fourth-order valence-corrected chi connectivity index (χ4v) is 2.84. The standard InChI is InChI=1S/C16H18N2O3/c1-2-21-16(20)18-14-11-7-6-10-13(14)15(19)17(18)12-8-4-3-5-9-12/h4,6-8,10-12H,2-3,5,9H2,1H3. The van der Waals surface area contributed by atoms with Crippen LogP contribution in [0, 0.1) is 0 Å². The first-order chi connectivity index (χ1) is 10.2. The monoisotopic (exact) mass is 286 g/mol. The van der Waals surface area contributed by atoms with Crippen molar-refractivity contribution < 1.29 is 9.53 Å². The lowest BCUT2D eigenvalue weighted by Gasteiger charge is -2.20. The third-order valence-corrected chi connectivity index (χ3v) is 3.77. The van der Waals surface area contributed by atoms with Crippen molar-refractivity contribution in [2.45, 2.75) is 32.2 Å². The van der Waals surface area contributed by atoms with Gasteiger partial charge in [-0.3, -0.25) is 4.79 Å². The second-order valence-corrected chi connectivity index (χ2v) is 5.10. The number of aromatic nitrogens is 2. The molecule has 1 aliphatic rings. The number of ether oxygens (including phenoxy) is 1. The highest BCUT2D eigenvalue weighted by atomic mass is 16.6. The van der Waals surface area contributed by atoms with Crippen LogP contribution in [-0.4, -0.2) is 22.1 Å². The summed E-state index contributed by atoms with van der Waals surface area (Å²) in [7, 11) is 0. The molecule has 1 aromatic carbocycles. The number of carbonyl (C=O) groups excluding carboxylic acids is 1. The summed E-state index contributed by atoms with van der Waals surface area (Å²) in [6, 6.07) is 7.05. The molecule has 1 aromatic heterocycles. The van der Waals surface area contributed by atoms with E-state index in [0.29, 0.717) is 10.9 Å². The van der Waals surface area contributed by atoms with E-state index in [4.69, 9.17) is 4.74 Å². The van der Waals surface area contributed by atoms with Crippen molar-refractivity contribution in [3.63, 3.8) is 0 Å². The maximum absolute atomic E-state index is 12.7. The summed E-state index contributed by atoms with van der Waals surface area (Å²) in [5.41, 5.74) is 0.454. The lowest BCUT2D eigenvalue weighted by molar-refractivity contribution is 0.145. The van der Waals surface area contributed by atoms with Gasteiger partial charge in [0.1, 0.15) is 0 Å². The molecule has 1 heterocycles. The van der Waals surface area contributed by atoms with Crippen LogP contribution in [-0.2, 0) is 4.74 Å². The lowest BCUT2D eigenvalue weighted by Crippen LogP contribution is -2.31. The summed E-state index contributed by atoms with van der Waals surface area (Å²) in [6.45, 7) is 2.03. The highest BCUT2D eigenvalue weighted by Gasteiger charge is 2.24. The van der Waals surface area contributed by atoms with Gasteiger partial charge in [-0.2, -0.15) is 4.68 Å². The number of fused-ring (bicyclic) bond motifs is 1. The van der Waals surface area contributed by atoms with E-state index in [1.165, 1.54) is 9.36 Å². The molecule has 110 valence electrons. The number of hydrogen-bond donors (Lipinski definition) is 0. The van der Waals surface area contributed by atoms with E-state index < -0.39 is 6.09 Å². The minimum atomic E-state index is -0.505. The molecule has 5 heteroatoms. The molecule has 21 heavy (non-hydrogen) atoms. The molecule has 0 N–H and O–H groups in total. The van der Waals surface area contributed by atoms with Crippen molar-refractivity contribution in [1.82, 2.24) is 9.36 Å². The molecule has 0 bridgehead atoms. The first kappa shape index (κ1) is 13.7. The normalized spacial score (nSPS) is 18.0. The molecule has 0 fully saturated rings. The summed E-state index contributed by atoms with van der Waals surface area (Å²) >= 11 is 0. The van der Waals surface area contributed by atoms with Crippen LogP contribution in [0.4, 0.5) is 4.79 Å². The van der Waals surface area contributed by atoms with Crippen molar-refractivity contribution in [1.29, 1.82) is 0 Å². The van der Waals surface area contributed by atoms with Crippen LogP contribution in [0.15, 0.2) is 41.2 Å². The van der Waals surface area contributed by atoms with Gasteiger partial charge in [-0.25, -0.2) is 9.48 Å². The zero-order valence-electron chi connectivity index (χ0n) is 12.0. The minimum Gasteiger partial charge on any atom is -0.448 e. The van der Waals surface area contributed by atoms with E-state index in [-0.39, 0.29) is 18.2 Å². The Kier molecular flexibility index (Phi) is 3.64. The number of carbonyl (C=O) groups is 1. The molecule has 0 saturated carbocycles. The largest absolute Gasteiger partial charge is 0.448 e. The smallest absolute Gasteiger partial charge is 0.433 e. The molecule has 5 nitrogen and oxygen atoms in total. The number of benzene rings is 1. The van der Waals surface area contributed by atoms with Crippen molar-refractivity contribution in [3.05, 3.63) is 46.8 Å². The van der Waals surface area contributed by atoms with Crippen LogP contribution in [0.3, 0.4) is 0 Å². The fraction of sp³-hybridized carbons (Fsp3) is 0.375. The molecule has 0 saturated heterocycles. The van der Waals surface area contributed by atoms with Crippen LogP contribution >= 0.6 is 0 Å². The average Bonchev–Trinajstić information content (AvgIpc) is 2.82. The van der Waals surface area contributed by atoms with Gasteiger partial charge in [0.05, 0.1) is 23.6 Å². The summed E-state index contributed by atoms with van der Waals surface area (Å²) in [5, 5.41) is 0.546. The summed E-state index contributed by atoms with van der Waals surface area (Å²) in [5.74, 6) is 0. The molecule has 1 unspecified atom stereocenters. The Labute approximate surface area is 122 Å². The Balaban J connectivity index is 2.25. The second-order valence-electron chi connectivity index (χ2n) is 5.10. The molecular formula is C16H18N2O3. The third-order valence-electron chi connectivity index (χ3n) is 3.77. The quantitative estimate of drug-likeness (QED) is 0.797. The highest BCUT2D eigenvalue weighted by Crippen LogP contribution is 2.23. The molecule has 1 atom stereocenters. The molecular weight excluding hydrogens is 268 g/mol. The van der Waals surface area contributed by atoms with Gasteiger partial charge in [-0.1, -0.05) is 24.3 Å². The number of allylic oxidation sites excluding steroid dienone is 2. The molecule has 0 aliphatic heterocycles. The van der Waals surface area contributed by atoms with Gasteiger partial charge in [-0.15, -0.1) is 0 Å². The minimum absolute atomic E-state index is 0.0944. The van der Waals surface area contributed by atoms with Gasteiger partial charge >= 0.3 is 6.09 Å². The number of nitrogens with zero attached hydrogens (tertiary/aromatic N) is 2. The zero-order valence-corrected chi connectivity index (χ0v) is 12.0. The lowest BCUT2D eigenvalue weighted by atomic mass is 10.0. The van der Waals surface area contributed by atoms with E-state index in [0.717, 1.165) is 19.3 Å². The van der Waals surface area contributed by atoms with Gasteiger partial charge in [0.15, 0.2) is 0 Å². The Hall–Kier alpha value is -2.30. The third kappa shape index (κ3) is 2.28. The van der Waals surface area contributed by atoms with E-state index >= 15 is 0 Å². The molecule has 0 amide bonds. The number of rotatable bonds is 2. The van der Waals surface area contributed by atoms with E-state index in [9.17, 15) is 9.59 Å². The predicted molar refractivity (Wildman–Crippen MR) is 80.6 cm³/mol. The van der Waals surface area contributed by atoms with Crippen LogP contribution in [0.1, 0.15) is 32.2 Å².